The van der Waals surface area contributed by atoms with Crippen LogP contribution in [0.1, 0.15) is 68.8 Å². The molecule has 4 rings (SSSR count). The summed E-state index contributed by atoms with van der Waals surface area (Å²) in [7, 11) is -1.90. The Hall–Kier alpha value is -3.64. The maximum Gasteiger partial charge on any atom is 0.419 e. The van der Waals surface area contributed by atoms with E-state index in [0.717, 1.165) is 19.0 Å². The Balaban J connectivity index is 1.64. The molecule has 3 aromatic rings. The Morgan fingerprint density at radius 1 is 1.11 bits per heavy atom. The summed E-state index contributed by atoms with van der Waals surface area (Å²) in [6.45, 7) is 9.19. The van der Waals surface area contributed by atoms with Crippen molar-refractivity contribution in [1.29, 1.82) is 0 Å². The number of nitrogens with one attached hydrogen (secondary N) is 4. The highest BCUT2D eigenvalue weighted by Gasteiger charge is 2.38. The van der Waals surface area contributed by atoms with E-state index < -0.39 is 42.2 Å². The first kappa shape index (κ1) is 34.2. The number of ether oxygens (including phenoxy) is 2. The predicted molar refractivity (Wildman–Crippen MR) is 166 cm³/mol. The summed E-state index contributed by atoms with van der Waals surface area (Å²) in [6.07, 6.45) is 0.624. The number of hydrogen-bond donors (Lipinski definition) is 4. The lowest BCUT2D eigenvalue weighted by Crippen LogP contribution is -2.50. The third kappa shape index (κ3) is 8.15. The monoisotopic (exact) mass is 652 g/mol. The van der Waals surface area contributed by atoms with Crippen LogP contribution in [0.4, 0.5) is 23.9 Å². The Bertz CT molecular complexity index is 1610. The van der Waals surface area contributed by atoms with Crippen molar-refractivity contribution in [3.8, 4) is 11.3 Å². The molecule has 11 nitrogen and oxygen atoms in total. The molecular formula is C30H40F3N6O5P. The van der Waals surface area contributed by atoms with Crippen molar-refractivity contribution >= 4 is 41.4 Å². The molecule has 0 aliphatic heterocycles. The zero-order valence-electron chi connectivity index (χ0n) is 26.3. The Morgan fingerprint density at radius 3 is 2.40 bits per heavy atom. The van der Waals surface area contributed by atoms with Gasteiger partial charge in [0.2, 0.25) is 5.95 Å². The zero-order valence-corrected chi connectivity index (χ0v) is 27.2. The molecule has 1 amide bonds. The Morgan fingerprint density at radius 2 is 1.80 bits per heavy atom. The normalized spacial score (nSPS) is 15.2. The van der Waals surface area contributed by atoms with Gasteiger partial charge in [0.05, 0.1) is 29.5 Å². The number of alkyl carbamates (subject to hydrolysis) is 1. The minimum atomic E-state index is -4.76. The number of nitrogens with zero attached hydrogens (tertiary/aromatic N) is 2. The third-order valence-electron chi connectivity index (χ3n) is 7.42. The van der Waals surface area contributed by atoms with Crippen LogP contribution in [-0.2, 0) is 20.2 Å². The first-order chi connectivity index (χ1) is 20.9. The van der Waals surface area contributed by atoms with Crippen molar-refractivity contribution in [3.63, 3.8) is 0 Å². The average molecular weight is 653 g/mol. The number of alkyl halides is 3. The summed E-state index contributed by atoms with van der Waals surface area (Å²) < 4.78 is 66.1. The summed E-state index contributed by atoms with van der Waals surface area (Å²) in [6, 6.07) is 2.90. The number of H-pyrrole nitrogens is 1. The highest BCUT2D eigenvalue weighted by atomic mass is 31.2. The van der Waals surface area contributed by atoms with Crippen LogP contribution in [0.3, 0.4) is 0 Å². The number of benzene rings is 1. The summed E-state index contributed by atoms with van der Waals surface area (Å²) in [5, 5.41) is 9.93. The molecule has 0 saturated heterocycles. The number of amides is 1. The second kappa shape index (κ2) is 13.0. The Kier molecular flexibility index (Phi) is 9.89. The number of methoxy groups -OCH3 is 1. The molecule has 1 aliphatic rings. The van der Waals surface area contributed by atoms with Crippen molar-refractivity contribution in [3.05, 3.63) is 35.7 Å². The number of carbonyl (C=O) groups is 2. The van der Waals surface area contributed by atoms with E-state index in [1.807, 2.05) is 0 Å². The van der Waals surface area contributed by atoms with Gasteiger partial charge in [0.1, 0.15) is 18.3 Å². The molecule has 0 atom stereocenters. The zero-order chi connectivity index (χ0) is 33.2. The number of rotatable bonds is 10. The van der Waals surface area contributed by atoms with Gasteiger partial charge in [-0.05, 0) is 78.8 Å². The molecule has 1 fully saturated rings. The van der Waals surface area contributed by atoms with Crippen molar-refractivity contribution in [2.24, 2.45) is 0 Å². The second-order valence-corrected chi connectivity index (χ2v) is 15.7. The molecule has 246 valence electrons. The van der Waals surface area contributed by atoms with Gasteiger partial charge in [-0.2, -0.15) is 13.2 Å². The number of halogens is 3. The quantitative estimate of drug-likeness (QED) is 0.0915. The first-order valence-corrected chi connectivity index (χ1v) is 17.3. The van der Waals surface area contributed by atoms with Crippen LogP contribution in [-0.4, -0.2) is 71.8 Å². The van der Waals surface area contributed by atoms with E-state index in [4.69, 9.17) is 9.47 Å². The molecule has 0 unspecified atom stereocenters. The molecule has 4 N–H and O–H groups in total. The Labute approximate surface area is 259 Å². The number of hydrogen-bond acceptors (Lipinski definition) is 9. The van der Waals surface area contributed by atoms with E-state index in [0.29, 0.717) is 37.7 Å². The summed E-state index contributed by atoms with van der Waals surface area (Å²) in [5.74, 6) is -0.692. The lowest BCUT2D eigenvalue weighted by molar-refractivity contribution is -0.137. The molecular weight excluding hydrogens is 612 g/mol. The van der Waals surface area contributed by atoms with Gasteiger partial charge in [0, 0.05) is 35.2 Å². The molecule has 0 bridgehead atoms. The summed E-state index contributed by atoms with van der Waals surface area (Å²) >= 11 is 0. The van der Waals surface area contributed by atoms with Crippen LogP contribution in [0.15, 0.2) is 24.5 Å². The minimum Gasteiger partial charge on any atom is -0.465 e. The number of esters is 1. The summed E-state index contributed by atoms with van der Waals surface area (Å²) in [5.41, 5.74) is -2.18. The largest absolute Gasteiger partial charge is 0.465 e. The minimum absolute atomic E-state index is 0.0108. The van der Waals surface area contributed by atoms with Crippen molar-refractivity contribution in [2.45, 2.75) is 70.3 Å². The SMILES string of the molecule is COC(=O)c1ccc2c(-c3nc(NC4(NCCCNC(=O)OC(C)(C)C)CCCC4)ncc3C(F)(F)F)c[nH]c2c1P(C)(C)=O. The smallest absolute Gasteiger partial charge is 0.419 e. The van der Waals surface area contributed by atoms with Crippen LogP contribution in [0.25, 0.3) is 22.2 Å². The van der Waals surface area contributed by atoms with Crippen LogP contribution < -0.4 is 21.3 Å². The van der Waals surface area contributed by atoms with E-state index in [9.17, 15) is 27.3 Å². The highest BCUT2D eigenvalue weighted by Crippen LogP contribution is 2.43. The van der Waals surface area contributed by atoms with Crippen LogP contribution in [0.2, 0.25) is 0 Å². The van der Waals surface area contributed by atoms with Gasteiger partial charge in [-0.15, -0.1) is 0 Å². The fourth-order valence-corrected chi connectivity index (χ4v) is 7.00. The first-order valence-electron chi connectivity index (χ1n) is 14.7. The van der Waals surface area contributed by atoms with Gasteiger partial charge in [-0.3, -0.25) is 5.32 Å². The molecule has 2 aromatic heterocycles. The van der Waals surface area contributed by atoms with E-state index in [2.05, 4.69) is 30.9 Å². The second-order valence-electron chi connectivity index (χ2n) is 12.5. The molecule has 1 saturated carbocycles. The lowest BCUT2D eigenvalue weighted by Gasteiger charge is -2.32. The number of aromatic nitrogens is 3. The van der Waals surface area contributed by atoms with Gasteiger partial charge in [0.15, 0.2) is 0 Å². The van der Waals surface area contributed by atoms with Crippen LogP contribution in [0.5, 0.6) is 0 Å². The highest BCUT2D eigenvalue weighted by molar-refractivity contribution is 7.70. The molecule has 2 heterocycles. The van der Waals surface area contributed by atoms with Gasteiger partial charge in [-0.1, -0.05) is 6.07 Å². The maximum absolute atomic E-state index is 14.3. The number of aromatic amines is 1. The van der Waals surface area contributed by atoms with E-state index in [1.54, 1.807) is 20.8 Å². The van der Waals surface area contributed by atoms with E-state index >= 15 is 0 Å². The van der Waals surface area contributed by atoms with Crippen molar-refractivity contribution < 1.29 is 36.8 Å². The molecule has 15 heteroatoms. The fraction of sp³-hybridized carbons (Fsp3) is 0.533. The molecule has 1 aliphatic carbocycles. The van der Waals surface area contributed by atoms with E-state index in [1.165, 1.54) is 38.8 Å². The predicted octanol–water partition coefficient (Wildman–Crippen LogP) is 5.86. The van der Waals surface area contributed by atoms with Crippen LogP contribution in [0, 0.1) is 0 Å². The third-order valence-corrected chi connectivity index (χ3v) is 8.96. The van der Waals surface area contributed by atoms with Crippen molar-refractivity contribution in [1.82, 2.24) is 25.6 Å². The van der Waals surface area contributed by atoms with Gasteiger partial charge in [-0.25, -0.2) is 19.6 Å². The van der Waals surface area contributed by atoms with Gasteiger partial charge >= 0.3 is 18.2 Å². The van der Waals surface area contributed by atoms with Crippen LogP contribution >= 0.6 is 7.14 Å². The average Bonchev–Trinajstić information content (AvgIpc) is 3.57. The maximum atomic E-state index is 14.3. The standard InChI is InChI=1S/C30H40F3N6O5P/c1-28(2,3)44-27(41)34-14-9-15-37-29(12-7-8-13-29)39-26-36-17-21(30(31,32)33)22(38-26)20-16-35-23-18(20)10-11-19(25(40)43-4)24(23)45(5,6)42/h10-11,16-17,35,37H,7-9,12-15H2,1-6H3,(H,34,41)(H,36,38,39). The molecule has 0 spiro atoms. The summed E-state index contributed by atoms with van der Waals surface area (Å²) in [4.78, 5) is 35.7. The number of carbonyl (C=O) groups excluding carboxylic acids is 2. The molecule has 45 heavy (non-hydrogen) atoms. The van der Waals surface area contributed by atoms with Crippen molar-refractivity contribution in [2.75, 3.05) is 38.8 Å². The van der Waals surface area contributed by atoms with E-state index in [-0.39, 0.29) is 33.6 Å². The number of fused-ring (bicyclic) bond motifs is 1. The topological polar surface area (TPSA) is 147 Å². The van der Waals surface area contributed by atoms with Gasteiger partial charge < -0.3 is 29.7 Å². The lowest BCUT2D eigenvalue weighted by atomic mass is 10.0. The molecule has 0 radical (unpaired) electrons. The fourth-order valence-electron chi connectivity index (χ4n) is 5.53. The number of anilines is 1. The van der Waals surface area contributed by atoms with Gasteiger partial charge in [0.25, 0.3) is 0 Å². The molecule has 1 aromatic carbocycles.